The number of carbonyl (C=O) groups excluding carboxylic acids is 2. The van der Waals surface area contributed by atoms with Gasteiger partial charge in [0.1, 0.15) is 6.61 Å². The molecular formula is C21H21NO4S. The van der Waals surface area contributed by atoms with Crippen molar-refractivity contribution in [2.75, 3.05) is 13.2 Å². The highest BCUT2D eigenvalue weighted by atomic mass is 32.2. The quantitative estimate of drug-likeness (QED) is 0.855. The van der Waals surface area contributed by atoms with Crippen molar-refractivity contribution in [1.29, 1.82) is 0 Å². The number of hydrogen-bond donors (Lipinski definition) is 1. The maximum absolute atomic E-state index is 13.3. The molecule has 4 rings (SSSR count). The Morgan fingerprint density at radius 3 is 2.52 bits per heavy atom. The zero-order valence-corrected chi connectivity index (χ0v) is 16.0. The Morgan fingerprint density at radius 1 is 1.15 bits per heavy atom. The Balaban J connectivity index is 1.83. The van der Waals surface area contributed by atoms with E-state index in [1.165, 1.54) is 0 Å². The molecule has 2 aliphatic heterocycles. The molecule has 2 heterocycles. The zero-order chi connectivity index (χ0) is 19.1. The third kappa shape index (κ3) is 3.03. The van der Waals surface area contributed by atoms with Crippen LogP contribution < -0.4 is 0 Å². The number of imide groups is 1. The Hall–Kier alpha value is -2.31. The second-order valence-corrected chi connectivity index (χ2v) is 8.12. The Bertz CT molecular complexity index is 899. The molecule has 0 aliphatic carbocycles. The zero-order valence-electron chi connectivity index (χ0n) is 15.2. The first-order valence-corrected chi connectivity index (χ1v) is 9.85. The highest BCUT2D eigenvalue weighted by molar-refractivity contribution is 7.99. The van der Waals surface area contributed by atoms with E-state index < -0.39 is 18.1 Å². The molecule has 0 saturated carbocycles. The summed E-state index contributed by atoms with van der Waals surface area (Å²) in [6.07, 6.45) is -1.61. The van der Waals surface area contributed by atoms with Crippen LogP contribution in [0.4, 0.5) is 4.79 Å². The van der Waals surface area contributed by atoms with Crippen molar-refractivity contribution in [2.45, 2.75) is 30.1 Å². The predicted molar refractivity (Wildman–Crippen MR) is 102 cm³/mol. The Labute approximate surface area is 162 Å². The minimum atomic E-state index is -0.979. The summed E-state index contributed by atoms with van der Waals surface area (Å²) in [5.74, 6) is -1.13. The van der Waals surface area contributed by atoms with E-state index in [0.717, 1.165) is 32.0 Å². The first kappa shape index (κ1) is 18.1. The lowest BCUT2D eigenvalue weighted by atomic mass is 9.85. The van der Waals surface area contributed by atoms with E-state index in [-0.39, 0.29) is 24.3 Å². The fourth-order valence-electron chi connectivity index (χ4n) is 3.83. The molecule has 0 aromatic heterocycles. The molecule has 0 spiro atoms. The number of rotatable bonds is 2. The molecule has 0 unspecified atom stereocenters. The minimum Gasteiger partial charge on any atom is -0.447 e. The first-order valence-electron chi connectivity index (χ1n) is 8.97. The number of ether oxygens (including phenoxy) is 1. The van der Waals surface area contributed by atoms with E-state index in [1.807, 2.05) is 56.3 Å². The van der Waals surface area contributed by atoms with Gasteiger partial charge in [0, 0.05) is 10.1 Å². The van der Waals surface area contributed by atoms with Crippen LogP contribution in [0.15, 0.2) is 47.4 Å². The van der Waals surface area contributed by atoms with Crippen molar-refractivity contribution >= 4 is 23.8 Å². The van der Waals surface area contributed by atoms with Crippen LogP contribution in [0.5, 0.6) is 0 Å². The molecule has 0 radical (unpaired) electrons. The van der Waals surface area contributed by atoms with Crippen molar-refractivity contribution in [2.24, 2.45) is 5.92 Å². The molecule has 2 aliphatic rings. The largest absolute Gasteiger partial charge is 0.447 e. The van der Waals surface area contributed by atoms with Gasteiger partial charge >= 0.3 is 6.09 Å². The normalized spacial score (nSPS) is 24.5. The maximum atomic E-state index is 13.3. The number of cyclic esters (lactones) is 1. The van der Waals surface area contributed by atoms with Gasteiger partial charge in [-0.2, -0.15) is 0 Å². The van der Waals surface area contributed by atoms with Gasteiger partial charge in [-0.05, 0) is 36.1 Å². The molecule has 2 aromatic rings. The average Bonchev–Trinajstić information content (AvgIpc) is 3.10. The summed E-state index contributed by atoms with van der Waals surface area (Å²) in [6, 6.07) is 13.7. The summed E-state index contributed by atoms with van der Waals surface area (Å²) in [5.41, 5.74) is 3.77. The summed E-state index contributed by atoms with van der Waals surface area (Å²) in [6.45, 7) is 4.38. The van der Waals surface area contributed by atoms with Crippen LogP contribution in [0, 0.1) is 19.8 Å². The van der Waals surface area contributed by atoms with Crippen molar-refractivity contribution in [1.82, 2.24) is 4.90 Å². The van der Waals surface area contributed by atoms with Crippen molar-refractivity contribution < 1.29 is 19.4 Å². The monoisotopic (exact) mass is 383 g/mol. The molecule has 0 bridgehead atoms. The van der Waals surface area contributed by atoms with Gasteiger partial charge in [-0.15, -0.1) is 11.8 Å². The van der Waals surface area contributed by atoms with E-state index in [2.05, 4.69) is 0 Å². The lowest BCUT2D eigenvalue weighted by molar-refractivity contribution is -0.136. The molecule has 1 N–H and O–H groups in total. The maximum Gasteiger partial charge on any atom is 0.416 e. The van der Waals surface area contributed by atoms with Gasteiger partial charge in [-0.3, -0.25) is 4.79 Å². The second-order valence-electron chi connectivity index (χ2n) is 6.97. The molecular weight excluding hydrogens is 362 g/mol. The SMILES string of the molecule is Cc1ccc(C)c2c1S[C@@H](c1ccccc1)[C@H](C(=O)N1CCOC1=O)[C@H]2O. The van der Waals surface area contributed by atoms with E-state index in [4.69, 9.17) is 4.74 Å². The molecule has 2 amide bonds. The molecule has 1 saturated heterocycles. The number of thioether (sulfide) groups is 1. The van der Waals surface area contributed by atoms with Crippen LogP contribution >= 0.6 is 11.8 Å². The van der Waals surface area contributed by atoms with Gasteiger partial charge in [0.15, 0.2) is 0 Å². The lowest BCUT2D eigenvalue weighted by Crippen LogP contribution is -2.42. The number of hydrogen-bond acceptors (Lipinski definition) is 5. The standard InChI is InChI=1S/C21H21NO4S/c1-12-8-9-13(2)18-15(12)17(23)16(20(24)22-10-11-26-21(22)25)19(27-18)14-6-4-3-5-7-14/h3-9,16-17,19,23H,10-11H2,1-2H3/t16-,17+,19+/m1/s1. The molecule has 140 valence electrons. The molecule has 1 fully saturated rings. The number of fused-ring (bicyclic) bond motifs is 1. The van der Waals surface area contributed by atoms with Gasteiger partial charge in [0.2, 0.25) is 5.91 Å². The molecule has 6 heteroatoms. The summed E-state index contributed by atoms with van der Waals surface area (Å²) >= 11 is 1.59. The van der Waals surface area contributed by atoms with Gasteiger partial charge in [0.25, 0.3) is 0 Å². The lowest BCUT2D eigenvalue weighted by Gasteiger charge is -2.38. The van der Waals surface area contributed by atoms with E-state index in [0.29, 0.717) is 0 Å². The van der Waals surface area contributed by atoms with Crippen LogP contribution in [-0.2, 0) is 9.53 Å². The third-order valence-corrected chi connectivity index (χ3v) is 6.85. The topological polar surface area (TPSA) is 66.8 Å². The van der Waals surface area contributed by atoms with Crippen LogP contribution in [-0.4, -0.2) is 35.2 Å². The number of nitrogens with zero attached hydrogens (tertiary/aromatic N) is 1. The van der Waals surface area contributed by atoms with Crippen LogP contribution in [0.1, 0.15) is 33.6 Å². The molecule has 27 heavy (non-hydrogen) atoms. The summed E-state index contributed by atoms with van der Waals surface area (Å²) < 4.78 is 4.94. The Morgan fingerprint density at radius 2 is 1.85 bits per heavy atom. The van der Waals surface area contributed by atoms with E-state index >= 15 is 0 Å². The second kappa shape index (κ2) is 7.02. The van der Waals surface area contributed by atoms with Gasteiger partial charge in [-0.1, -0.05) is 42.5 Å². The molecule has 3 atom stereocenters. The Kier molecular flexibility index (Phi) is 4.70. The van der Waals surface area contributed by atoms with Gasteiger partial charge in [-0.25, -0.2) is 9.69 Å². The average molecular weight is 383 g/mol. The molecule has 2 aromatic carbocycles. The summed E-state index contributed by atoms with van der Waals surface area (Å²) in [7, 11) is 0. The van der Waals surface area contributed by atoms with Crippen molar-refractivity contribution in [3.05, 3.63) is 64.7 Å². The van der Waals surface area contributed by atoms with Gasteiger partial charge < -0.3 is 9.84 Å². The predicted octanol–water partition coefficient (Wildman–Crippen LogP) is 3.78. The summed E-state index contributed by atoms with van der Waals surface area (Å²) in [5, 5.41) is 11.0. The van der Waals surface area contributed by atoms with Crippen LogP contribution in [0.25, 0.3) is 0 Å². The number of amides is 2. The smallest absolute Gasteiger partial charge is 0.416 e. The van der Waals surface area contributed by atoms with E-state index in [1.54, 1.807) is 11.8 Å². The van der Waals surface area contributed by atoms with Crippen molar-refractivity contribution in [3.63, 3.8) is 0 Å². The number of aryl methyl sites for hydroxylation is 2. The van der Waals surface area contributed by atoms with Crippen LogP contribution in [0.2, 0.25) is 0 Å². The highest BCUT2D eigenvalue weighted by Crippen LogP contribution is 2.54. The third-order valence-electron chi connectivity index (χ3n) is 5.26. The highest BCUT2D eigenvalue weighted by Gasteiger charge is 2.46. The minimum absolute atomic E-state index is 0.200. The summed E-state index contributed by atoms with van der Waals surface area (Å²) in [4.78, 5) is 27.4. The first-order chi connectivity index (χ1) is 13.0. The number of aliphatic hydroxyl groups is 1. The number of carbonyl (C=O) groups is 2. The van der Waals surface area contributed by atoms with E-state index in [9.17, 15) is 14.7 Å². The van der Waals surface area contributed by atoms with Crippen LogP contribution in [0.3, 0.4) is 0 Å². The molecule has 5 nitrogen and oxygen atoms in total. The fourth-order valence-corrected chi connectivity index (χ4v) is 5.45. The number of benzene rings is 2. The van der Waals surface area contributed by atoms with Crippen molar-refractivity contribution in [3.8, 4) is 0 Å². The number of aliphatic hydroxyl groups excluding tert-OH is 1. The van der Waals surface area contributed by atoms with Gasteiger partial charge in [0.05, 0.1) is 18.6 Å². The fraction of sp³-hybridized carbons (Fsp3) is 0.333.